The Morgan fingerprint density at radius 2 is 2.12 bits per heavy atom. The molecule has 0 aromatic carbocycles. The molecule has 1 aromatic rings. The Labute approximate surface area is 104 Å². The fraction of sp³-hybridized carbons (Fsp3) is 0.600. The number of nitrogens with zero attached hydrogens (tertiary/aromatic N) is 3. The topological polar surface area (TPSA) is 81.0 Å². The molecule has 0 fully saturated rings. The zero-order valence-corrected chi connectivity index (χ0v) is 11.2. The highest BCUT2D eigenvalue weighted by atomic mass is 32.2. The summed E-state index contributed by atoms with van der Waals surface area (Å²) in [5.74, 6) is 0.443. The van der Waals surface area contributed by atoms with Crippen LogP contribution in [0.4, 0.5) is 11.6 Å². The Bertz CT molecular complexity index is 423. The van der Waals surface area contributed by atoms with E-state index in [1.807, 2.05) is 20.8 Å². The van der Waals surface area contributed by atoms with Gasteiger partial charge in [-0.15, -0.1) is 0 Å². The van der Waals surface area contributed by atoms with Crippen molar-refractivity contribution in [2.75, 3.05) is 11.9 Å². The van der Waals surface area contributed by atoms with Crippen LogP contribution in [0, 0.1) is 17.0 Å². The first-order valence-corrected chi connectivity index (χ1v) is 6.27. The minimum Gasteiger partial charge on any atom is -0.354 e. The number of hydrogen-bond acceptors (Lipinski definition) is 6. The maximum absolute atomic E-state index is 11.0. The predicted octanol–water partition coefficient (Wildman–Crippen LogP) is 2.63. The summed E-state index contributed by atoms with van der Waals surface area (Å²) in [6.45, 7) is 8.18. The molecule has 0 unspecified atom stereocenters. The monoisotopic (exact) mass is 256 g/mol. The molecule has 0 aliphatic heterocycles. The number of aromatic nitrogens is 2. The van der Waals surface area contributed by atoms with Crippen molar-refractivity contribution in [2.45, 2.75) is 38.0 Å². The third-order valence-electron chi connectivity index (χ3n) is 1.89. The van der Waals surface area contributed by atoms with Crippen LogP contribution in [0.15, 0.2) is 5.03 Å². The minimum atomic E-state index is -0.421. The van der Waals surface area contributed by atoms with E-state index in [0.29, 0.717) is 23.2 Å². The average molecular weight is 256 g/mol. The normalized spacial score (nSPS) is 10.6. The Morgan fingerprint density at radius 3 is 2.59 bits per heavy atom. The molecule has 0 aliphatic rings. The second kappa shape index (κ2) is 5.81. The summed E-state index contributed by atoms with van der Waals surface area (Å²) in [6, 6.07) is 0. The van der Waals surface area contributed by atoms with Crippen molar-refractivity contribution < 1.29 is 4.92 Å². The lowest BCUT2D eigenvalue weighted by Crippen LogP contribution is -2.07. The molecule has 17 heavy (non-hydrogen) atoms. The summed E-state index contributed by atoms with van der Waals surface area (Å²) >= 11 is 1.37. The van der Waals surface area contributed by atoms with Crippen molar-refractivity contribution in [1.29, 1.82) is 0 Å². The van der Waals surface area contributed by atoms with Crippen LogP contribution in [0.3, 0.4) is 0 Å². The SMILES string of the molecule is CCNc1nc(C)c([N+](=O)[O-])c(SC(C)C)n1. The van der Waals surface area contributed by atoms with Crippen LogP contribution in [-0.2, 0) is 0 Å². The van der Waals surface area contributed by atoms with E-state index in [1.165, 1.54) is 11.8 Å². The van der Waals surface area contributed by atoms with Gasteiger partial charge in [0.2, 0.25) is 5.95 Å². The molecule has 7 heteroatoms. The molecule has 94 valence electrons. The number of rotatable bonds is 5. The summed E-state index contributed by atoms with van der Waals surface area (Å²) in [7, 11) is 0. The molecule has 0 aliphatic carbocycles. The smallest absolute Gasteiger partial charge is 0.322 e. The van der Waals surface area contributed by atoms with Gasteiger partial charge in [-0.25, -0.2) is 4.98 Å². The first-order chi connectivity index (χ1) is 7.95. The molecule has 1 heterocycles. The number of nitrogens with one attached hydrogen (secondary N) is 1. The zero-order chi connectivity index (χ0) is 13.0. The van der Waals surface area contributed by atoms with Gasteiger partial charge in [-0.05, 0) is 13.8 Å². The van der Waals surface area contributed by atoms with Crippen LogP contribution in [-0.4, -0.2) is 26.7 Å². The lowest BCUT2D eigenvalue weighted by molar-refractivity contribution is -0.389. The fourth-order valence-corrected chi connectivity index (χ4v) is 2.21. The summed E-state index contributed by atoms with van der Waals surface area (Å²) in [6.07, 6.45) is 0. The Hall–Kier alpha value is -1.37. The van der Waals surface area contributed by atoms with Gasteiger partial charge in [0.25, 0.3) is 0 Å². The molecule has 0 spiro atoms. The molecule has 0 saturated heterocycles. The summed E-state index contributed by atoms with van der Waals surface area (Å²) < 4.78 is 0. The van der Waals surface area contributed by atoms with Crippen LogP contribution in [0.1, 0.15) is 26.5 Å². The van der Waals surface area contributed by atoms with Crippen molar-refractivity contribution in [3.05, 3.63) is 15.8 Å². The molecule has 0 amide bonds. The summed E-state index contributed by atoms with van der Waals surface area (Å²) in [5.41, 5.74) is 0.398. The highest BCUT2D eigenvalue weighted by Gasteiger charge is 2.22. The standard InChI is InChI=1S/C10H16N4O2S/c1-5-11-10-12-7(4)8(14(15)16)9(13-10)17-6(2)3/h6H,5H2,1-4H3,(H,11,12,13). The van der Waals surface area contributed by atoms with Crippen LogP contribution in [0.25, 0.3) is 0 Å². The third kappa shape index (κ3) is 3.55. The molecular formula is C10H16N4O2S. The minimum absolute atomic E-state index is 0.00496. The van der Waals surface area contributed by atoms with Crippen LogP contribution in [0.5, 0.6) is 0 Å². The van der Waals surface area contributed by atoms with Gasteiger partial charge in [-0.3, -0.25) is 10.1 Å². The van der Waals surface area contributed by atoms with E-state index < -0.39 is 4.92 Å². The molecular weight excluding hydrogens is 240 g/mol. The Morgan fingerprint density at radius 1 is 1.47 bits per heavy atom. The van der Waals surface area contributed by atoms with Crippen molar-refractivity contribution >= 4 is 23.4 Å². The van der Waals surface area contributed by atoms with Gasteiger partial charge >= 0.3 is 5.69 Å². The van der Waals surface area contributed by atoms with Gasteiger partial charge in [-0.2, -0.15) is 4.98 Å². The number of aryl methyl sites for hydroxylation is 1. The van der Waals surface area contributed by atoms with E-state index in [9.17, 15) is 10.1 Å². The van der Waals surface area contributed by atoms with E-state index in [-0.39, 0.29) is 10.9 Å². The van der Waals surface area contributed by atoms with E-state index in [4.69, 9.17) is 0 Å². The maximum Gasteiger partial charge on any atom is 0.322 e. The van der Waals surface area contributed by atoms with Crippen LogP contribution in [0.2, 0.25) is 0 Å². The van der Waals surface area contributed by atoms with Crippen molar-refractivity contribution in [1.82, 2.24) is 9.97 Å². The highest BCUT2D eigenvalue weighted by molar-refractivity contribution is 7.99. The first kappa shape index (κ1) is 13.7. The van der Waals surface area contributed by atoms with Crippen molar-refractivity contribution in [3.8, 4) is 0 Å². The molecule has 0 bridgehead atoms. The lowest BCUT2D eigenvalue weighted by atomic mass is 10.4. The summed E-state index contributed by atoms with van der Waals surface area (Å²) in [4.78, 5) is 18.8. The van der Waals surface area contributed by atoms with Gasteiger partial charge < -0.3 is 5.32 Å². The Kier molecular flexibility index (Phi) is 4.68. The van der Waals surface area contributed by atoms with Gasteiger partial charge in [0.15, 0.2) is 5.03 Å². The zero-order valence-electron chi connectivity index (χ0n) is 10.4. The van der Waals surface area contributed by atoms with Crippen LogP contribution >= 0.6 is 11.8 Å². The van der Waals surface area contributed by atoms with Gasteiger partial charge in [-0.1, -0.05) is 25.6 Å². The predicted molar refractivity (Wildman–Crippen MR) is 68.6 cm³/mol. The molecule has 1 rings (SSSR count). The fourth-order valence-electron chi connectivity index (χ4n) is 1.29. The average Bonchev–Trinajstić information content (AvgIpc) is 2.15. The Balaban J connectivity index is 3.23. The molecule has 1 N–H and O–H groups in total. The maximum atomic E-state index is 11.0. The van der Waals surface area contributed by atoms with Gasteiger partial charge in [0.1, 0.15) is 5.69 Å². The van der Waals surface area contributed by atoms with E-state index >= 15 is 0 Å². The molecule has 0 radical (unpaired) electrons. The quantitative estimate of drug-likeness (QED) is 0.377. The van der Waals surface area contributed by atoms with Crippen LogP contribution < -0.4 is 5.32 Å². The lowest BCUT2D eigenvalue weighted by Gasteiger charge is -2.09. The van der Waals surface area contributed by atoms with Crippen molar-refractivity contribution in [3.63, 3.8) is 0 Å². The van der Waals surface area contributed by atoms with E-state index in [0.717, 1.165) is 0 Å². The first-order valence-electron chi connectivity index (χ1n) is 5.39. The molecule has 0 saturated carbocycles. The van der Waals surface area contributed by atoms with Crippen molar-refractivity contribution in [2.24, 2.45) is 0 Å². The van der Waals surface area contributed by atoms with E-state index in [1.54, 1.807) is 6.92 Å². The highest BCUT2D eigenvalue weighted by Crippen LogP contribution is 2.32. The van der Waals surface area contributed by atoms with E-state index in [2.05, 4.69) is 15.3 Å². The largest absolute Gasteiger partial charge is 0.354 e. The number of thioether (sulfide) groups is 1. The number of hydrogen-bond donors (Lipinski definition) is 1. The van der Waals surface area contributed by atoms with Gasteiger partial charge in [0.05, 0.1) is 4.92 Å². The molecule has 6 nitrogen and oxygen atoms in total. The molecule has 0 atom stereocenters. The second-order valence-electron chi connectivity index (χ2n) is 3.74. The number of anilines is 1. The molecule has 1 aromatic heterocycles. The summed E-state index contributed by atoms with van der Waals surface area (Å²) in [5, 5.41) is 14.6. The van der Waals surface area contributed by atoms with Gasteiger partial charge in [0, 0.05) is 11.8 Å². The third-order valence-corrected chi connectivity index (χ3v) is 2.87. The number of nitro groups is 1. The second-order valence-corrected chi connectivity index (χ2v) is 5.31.